The summed E-state index contributed by atoms with van der Waals surface area (Å²) in [7, 11) is 0. The highest BCUT2D eigenvalue weighted by Crippen LogP contribution is 2.23. The van der Waals surface area contributed by atoms with E-state index in [9.17, 15) is 19.2 Å². The number of H-pyrrole nitrogens is 1. The molecule has 0 bridgehead atoms. The van der Waals surface area contributed by atoms with Gasteiger partial charge in [-0.15, -0.1) is 0 Å². The number of aromatic amines is 1. The van der Waals surface area contributed by atoms with E-state index < -0.39 is 18.5 Å². The molecule has 2 heterocycles. The van der Waals surface area contributed by atoms with Crippen molar-refractivity contribution in [3.05, 3.63) is 70.9 Å². The summed E-state index contributed by atoms with van der Waals surface area (Å²) in [6.45, 7) is 1.56. The minimum absolute atomic E-state index is 0.0774. The van der Waals surface area contributed by atoms with E-state index in [1.54, 1.807) is 30.5 Å². The molecule has 0 saturated carbocycles. The number of esters is 1. The maximum absolute atomic E-state index is 12.6. The number of imide groups is 1. The fourth-order valence-corrected chi connectivity index (χ4v) is 3.87. The first-order valence-electron chi connectivity index (χ1n) is 10.2. The van der Waals surface area contributed by atoms with Crippen LogP contribution in [0.1, 0.15) is 45.2 Å². The van der Waals surface area contributed by atoms with Gasteiger partial charge in [0.25, 0.3) is 5.91 Å². The number of nitrogens with zero attached hydrogens (tertiary/aromatic N) is 1. The number of nitrogens with one attached hydrogen (secondary N) is 1. The number of carbonyl (C=O) groups excluding carboxylic acids is 4. The van der Waals surface area contributed by atoms with E-state index in [2.05, 4.69) is 4.98 Å². The molecule has 1 N–H and O–H groups in total. The molecule has 0 saturated heterocycles. The van der Waals surface area contributed by atoms with Crippen LogP contribution in [-0.2, 0) is 27.2 Å². The van der Waals surface area contributed by atoms with Gasteiger partial charge in [0.05, 0.1) is 12.8 Å². The van der Waals surface area contributed by atoms with Crippen molar-refractivity contribution < 1.29 is 23.9 Å². The third-order valence-corrected chi connectivity index (χ3v) is 5.52. The highest BCUT2D eigenvalue weighted by atomic mass is 16.5. The average Bonchev–Trinajstić information content (AvgIpc) is 3.21. The second kappa shape index (κ2) is 8.55. The Morgan fingerprint density at radius 1 is 1.10 bits per heavy atom. The molecule has 0 unspecified atom stereocenters. The minimum atomic E-state index is -0.637. The van der Waals surface area contributed by atoms with Crippen molar-refractivity contribution >= 4 is 34.5 Å². The number of hydrogen-bond acceptors (Lipinski definition) is 5. The molecule has 0 fully saturated rings. The summed E-state index contributed by atoms with van der Waals surface area (Å²) >= 11 is 0. The van der Waals surface area contributed by atoms with Gasteiger partial charge < -0.3 is 9.72 Å². The highest BCUT2D eigenvalue weighted by Gasteiger charge is 2.30. The molecule has 2 amide bonds. The van der Waals surface area contributed by atoms with Crippen molar-refractivity contribution in [3.63, 3.8) is 0 Å². The number of fused-ring (bicyclic) bond motifs is 2. The smallest absolute Gasteiger partial charge is 0.308 e. The fourth-order valence-electron chi connectivity index (χ4n) is 3.87. The summed E-state index contributed by atoms with van der Waals surface area (Å²) < 4.78 is 5.11. The van der Waals surface area contributed by atoms with Crippen LogP contribution in [-0.4, -0.2) is 46.6 Å². The van der Waals surface area contributed by atoms with Crippen molar-refractivity contribution in [2.45, 2.75) is 26.2 Å². The second-order valence-corrected chi connectivity index (χ2v) is 7.41. The molecule has 2 aromatic carbocycles. The average molecular weight is 418 g/mol. The lowest BCUT2D eigenvalue weighted by Gasteiger charge is -2.26. The number of Topliss-reactive ketones (excluding diaryl/α,β-unsaturated/α-hetero) is 1. The number of carbonyl (C=O) groups is 4. The molecule has 0 spiro atoms. The molecule has 0 aliphatic carbocycles. The van der Waals surface area contributed by atoms with Crippen LogP contribution in [0.5, 0.6) is 0 Å². The highest BCUT2D eigenvalue weighted by molar-refractivity contribution is 6.10. The van der Waals surface area contributed by atoms with Crippen LogP contribution in [0, 0.1) is 0 Å². The van der Waals surface area contributed by atoms with Gasteiger partial charge >= 0.3 is 5.97 Å². The molecule has 1 aromatic heterocycles. The lowest BCUT2D eigenvalue weighted by Crippen LogP contribution is -2.43. The first kappa shape index (κ1) is 20.5. The van der Waals surface area contributed by atoms with E-state index in [0.717, 1.165) is 27.8 Å². The summed E-state index contributed by atoms with van der Waals surface area (Å²) in [6.07, 6.45) is 2.41. The Morgan fingerprint density at radius 3 is 2.71 bits per heavy atom. The Labute approximate surface area is 179 Å². The lowest BCUT2D eigenvalue weighted by molar-refractivity contribution is -0.143. The maximum atomic E-state index is 12.6. The number of para-hydroxylation sites is 1. The van der Waals surface area contributed by atoms with Crippen LogP contribution in [0.4, 0.5) is 0 Å². The van der Waals surface area contributed by atoms with Gasteiger partial charge in [0.2, 0.25) is 11.7 Å². The van der Waals surface area contributed by atoms with Gasteiger partial charge in [-0.25, -0.2) is 0 Å². The molecular formula is C24H22N2O5. The van der Waals surface area contributed by atoms with Crippen LogP contribution >= 0.6 is 0 Å². The van der Waals surface area contributed by atoms with Gasteiger partial charge in [0.15, 0.2) is 6.61 Å². The number of aryl methyl sites for hydroxylation is 1. The zero-order chi connectivity index (χ0) is 22.0. The third-order valence-electron chi connectivity index (χ3n) is 5.52. The quantitative estimate of drug-likeness (QED) is 0.361. The first-order valence-corrected chi connectivity index (χ1v) is 10.2. The van der Waals surface area contributed by atoms with Crippen LogP contribution in [0.2, 0.25) is 0 Å². The molecule has 158 valence electrons. The van der Waals surface area contributed by atoms with Crippen molar-refractivity contribution in [3.8, 4) is 0 Å². The van der Waals surface area contributed by atoms with Crippen LogP contribution in [0.15, 0.2) is 48.7 Å². The Kier molecular flexibility index (Phi) is 5.66. The topological polar surface area (TPSA) is 96.5 Å². The standard InChI is InChI=1S/C24H22N2O5/c1-2-15-7-5-9-18-19(13-25-23(15)18)20(27)14-31-22(29)10-11-26-21(28)12-16-6-3-4-8-17(16)24(26)30/h3-9,13,25H,2,10-12,14H2,1H3. The largest absolute Gasteiger partial charge is 0.457 e. The van der Waals surface area contributed by atoms with E-state index in [0.29, 0.717) is 16.7 Å². The summed E-state index contributed by atoms with van der Waals surface area (Å²) in [5, 5.41) is 0.795. The van der Waals surface area contributed by atoms with Crippen molar-refractivity contribution in [2.75, 3.05) is 13.2 Å². The predicted molar refractivity (Wildman–Crippen MR) is 114 cm³/mol. The molecule has 1 aliphatic rings. The maximum Gasteiger partial charge on any atom is 0.308 e. The summed E-state index contributed by atoms with van der Waals surface area (Å²) in [6, 6.07) is 12.7. The fraction of sp³-hybridized carbons (Fsp3) is 0.250. The van der Waals surface area contributed by atoms with E-state index in [4.69, 9.17) is 4.74 Å². The Hall–Kier alpha value is -3.74. The molecule has 4 rings (SSSR count). The van der Waals surface area contributed by atoms with E-state index in [1.165, 1.54) is 0 Å². The summed E-state index contributed by atoms with van der Waals surface area (Å²) in [5.74, 6) is -1.71. The lowest BCUT2D eigenvalue weighted by atomic mass is 9.98. The number of ether oxygens (including phenoxy) is 1. The van der Waals surface area contributed by atoms with Crippen LogP contribution in [0.3, 0.4) is 0 Å². The zero-order valence-electron chi connectivity index (χ0n) is 17.1. The molecule has 31 heavy (non-hydrogen) atoms. The van der Waals surface area contributed by atoms with Gasteiger partial charge in [-0.2, -0.15) is 0 Å². The van der Waals surface area contributed by atoms with Gasteiger partial charge in [0, 0.05) is 34.8 Å². The number of amides is 2. The van der Waals surface area contributed by atoms with Crippen molar-refractivity contribution in [2.24, 2.45) is 0 Å². The molecule has 7 heteroatoms. The van der Waals surface area contributed by atoms with Gasteiger partial charge in [0.1, 0.15) is 0 Å². The Balaban J connectivity index is 1.34. The number of aromatic nitrogens is 1. The van der Waals surface area contributed by atoms with Crippen LogP contribution < -0.4 is 0 Å². The van der Waals surface area contributed by atoms with Crippen LogP contribution in [0.25, 0.3) is 10.9 Å². The monoisotopic (exact) mass is 418 g/mol. The SMILES string of the molecule is CCc1cccc2c(C(=O)COC(=O)CCN3C(=O)Cc4ccccc4C3=O)c[nH]c12. The summed E-state index contributed by atoms with van der Waals surface area (Å²) in [4.78, 5) is 53.7. The molecular weight excluding hydrogens is 396 g/mol. The normalized spacial score (nSPS) is 13.4. The van der Waals surface area contributed by atoms with Gasteiger partial charge in [-0.05, 0) is 23.6 Å². The number of benzene rings is 2. The van der Waals surface area contributed by atoms with Gasteiger partial charge in [-0.3, -0.25) is 24.1 Å². The first-order chi connectivity index (χ1) is 15.0. The Bertz CT molecular complexity index is 1190. The minimum Gasteiger partial charge on any atom is -0.457 e. The van der Waals surface area contributed by atoms with E-state index in [-0.39, 0.29) is 31.1 Å². The molecule has 7 nitrogen and oxygen atoms in total. The second-order valence-electron chi connectivity index (χ2n) is 7.41. The van der Waals surface area contributed by atoms with Crippen molar-refractivity contribution in [1.29, 1.82) is 0 Å². The summed E-state index contributed by atoms with van der Waals surface area (Å²) in [5.41, 5.74) is 3.63. The van der Waals surface area contributed by atoms with E-state index >= 15 is 0 Å². The van der Waals surface area contributed by atoms with E-state index in [1.807, 2.05) is 25.1 Å². The molecule has 0 radical (unpaired) electrons. The zero-order valence-corrected chi connectivity index (χ0v) is 17.1. The van der Waals surface area contributed by atoms with Crippen molar-refractivity contribution in [1.82, 2.24) is 9.88 Å². The third kappa shape index (κ3) is 3.99. The molecule has 0 atom stereocenters. The number of rotatable bonds is 7. The Morgan fingerprint density at radius 2 is 1.90 bits per heavy atom. The molecule has 3 aromatic rings. The van der Waals surface area contributed by atoms with Gasteiger partial charge in [-0.1, -0.05) is 43.3 Å². The number of ketones is 1. The predicted octanol–water partition coefficient (Wildman–Crippen LogP) is 3.07. The number of hydrogen-bond donors (Lipinski definition) is 1. The molecule has 1 aliphatic heterocycles.